The topological polar surface area (TPSA) is 20.3 Å². The Morgan fingerprint density at radius 3 is 2.15 bits per heavy atom. The van der Waals surface area contributed by atoms with E-state index in [0.29, 0.717) is 6.04 Å². The summed E-state index contributed by atoms with van der Waals surface area (Å²) in [6.07, 6.45) is 4.43. The van der Waals surface area contributed by atoms with Gasteiger partial charge in [-0.3, -0.25) is 4.79 Å². The van der Waals surface area contributed by atoms with E-state index >= 15 is 0 Å². The van der Waals surface area contributed by atoms with Crippen molar-refractivity contribution in [2.24, 2.45) is 0 Å². The summed E-state index contributed by atoms with van der Waals surface area (Å²) < 4.78 is 0. The van der Waals surface area contributed by atoms with Gasteiger partial charge in [0.1, 0.15) is 0 Å². The quantitative estimate of drug-likeness (QED) is 0.623. The Morgan fingerprint density at radius 1 is 1.23 bits per heavy atom. The predicted octanol–water partition coefficient (Wildman–Crippen LogP) is 2.82. The summed E-state index contributed by atoms with van der Waals surface area (Å²) in [5.41, 5.74) is 0. The molecule has 1 unspecified atom stereocenters. The molecule has 0 aliphatic carbocycles. The number of nitrogens with zero attached hydrogens (tertiary/aromatic N) is 1. The highest BCUT2D eigenvalue weighted by Gasteiger charge is 2.16. The lowest BCUT2D eigenvalue weighted by molar-refractivity contribution is -0.131. The number of rotatable bonds is 6. The summed E-state index contributed by atoms with van der Waals surface area (Å²) in [6, 6.07) is 0.461. The number of hydrogen-bond donors (Lipinski definition) is 0. The Bertz CT molecular complexity index is 145. The molecule has 0 rings (SSSR count). The molecule has 0 fully saturated rings. The molecule has 1 atom stereocenters. The van der Waals surface area contributed by atoms with Gasteiger partial charge in [-0.25, -0.2) is 0 Å². The molecule has 0 aromatic carbocycles. The van der Waals surface area contributed by atoms with E-state index in [9.17, 15) is 4.79 Å². The van der Waals surface area contributed by atoms with E-state index in [1.54, 1.807) is 6.92 Å². The molecule has 0 spiro atoms. The minimum absolute atomic E-state index is 0.224. The van der Waals surface area contributed by atoms with Crippen LogP contribution in [-0.4, -0.2) is 23.4 Å². The molecular formula is C11H23NO. The van der Waals surface area contributed by atoms with Crippen LogP contribution in [0.1, 0.15) is 53.4 Å². The second-order valence-corrected chi connectivity index (χ2v) is 3.56. The summed E-state index contributed by atoms with van der Waals surface area (Å²) in [5, 5.41) is 0. The lowest BCUT2D eigenvalue weighted by Crippen LogP contribution is -2.39. The third kappa shape index (κ3) is 4.30. The molecule has 2 nitrogen and oxygen atoms in total. The number of amides is 1. The first-order valence-electron chi connectivity index (χ1n) is 5.44. The number of hydrogen-bond acceptors (Lipinski definition) is 1. The normalized spacial score (nSPS) is 12.6. The van der Waals surface area contributed by atoms with Gasteiger partial charge in [0, 0.05) is 19.5 Å². The van der Waals surface area contributed by atoms with Crippen molar-refractivity contribution in [3.05, 3.63) is 0 Å². The molecule has 0 heterocycles. The zero-order valence-corrected chi connectivity index (χ0v) is 9.47. The fraction of sp³-hybridized carbons (Fsp3) is 0.909. The largest absolute Gasteiger partial charge is 0.340 e. The van der Waals surface area contributed by atoms with Crippen LogP contribution in [0.4, 0.5) is 0 Å². The van der Waals surface area contributed by atoms with Gasteiger partial charge in [0.25, 0.3) is 0 Å². The average Bonchev–Trinajstić information content (AvgIpc) is 2.10. The average molecular weight is 185 g/mol. The fourth-order valence-corrected chi connectivity index (χ4v) is 1.75. The van der Waals surface area contributed by atoms with Crippen LogP contribution in [0, 0.1) is 0 Å². The van der Waals surface area contributed by atoms with Crippen molar-refractivity contribution in [3.63, 3.8) is 0 Å². The van der Waals surface area contributed by atoms with Crippen LogP contribution < -0.4 is 0 Å². The summed E-state index contributed by atoms with van der Waals surface area (Å²) in [6.45, 7) is 9.04. The Hall–Kier alpha value is -0.530. The van der Waals surface area contributed by atoms with Gasteiger partial charge in [-0.2, -0.15) is 0 Å². The van der Waals surface area contributed by atoms with E-state index in [2.05, 4.69) is 20.8 Å². The molecule has 78 valence electrons. The van der Waals surface area contributed by atoms with Crippen molar-refractivity contribution in [2.75, 3.05) is 6.54 Å². The van der Waals surface area contributed by atoms with Crippen LogP contribution in [0.3, 0.4) is 0 Å². The first-order valence-corrected chi connectivity index (χ1v) is 5.44. The maximum absolute atomic E-state index is 11.3. The van der Waals surface area contributed by atoms with Gasteiger partial charge >= 0.3 is 0 Å². The molecule has 0 bridgehead atoms. The second kappa shape index (κ2) is 6.93. The molecule has 0 aliphatic rings. The van der Waals surface area contributed by atoms with Crippen LogP contribution in [0.15, 0.2) is 0 Å². The molecule has 0 saturated heterocycles. The second-order valence-electron chi connectivity index (χ2n) is 3.56. The first kappa shape index (κ1) is 12.5. The van der Waals surface area contributed by atoms with Crippen LogP contribution in [0.25, 0.3) is 0 Å². The monoisotopic (exact) mass is 185 g/mol. The standard InChI is InChI=1S/C11H23NO/c1-5-8-11(7-3)12(9-6-2)10(4)13/h11H,5-9H2,1-4H3. The lowest BCUT2D eigenvalue weighted by Gasteiger charge is -2.29. The molecule has 13 heavy (non-hydrogen) atoms. The van der Waals surface area contributed by atoms with E-state index in [4.69, 9.17) is 0 Å². The van der Waals surface area contributed by atoms with Gasteiger partial charge < -0.3 is 4.90 Å². The zero-order chi connectivity index (χ0) is 10.3. The van der Waals surface area contributed by atoms with E-state index in [1.807, 2.05) is 4.90 Å². The van der Waals surface area contributed by atoms with Crippen molar-refractivity contribution in [1.29, 1.82) is 0 Å². The van der Waals surface area contributed by atoms with Gasteiger partial charge in [-0.1, -0.05) is 27.2 Å². The van der Waals surface area contributed by atoms with Crippen LogP contribution >= 0.6 is 0 Å². The van der Waals surface area contributed by atoms with Gasteiger partial charge in [0.05, 0.1) is 0 Å². The fourth-order valence-electron chi connectivity index (χ4n) is 1.75. The molecule has 0 saturated carbocycles. The molecule has 0 N–H and O–H groups in total. The lowest BCUT2D eigenvalue weighted by atomic mass is 10.1. The molecule has 0 aliphatic heterocycles. The smallest absolute Gasteiger partial charge is 0.219 e. The molecule has 2 heteroatoms. The predicted molar refractivity (Wildman–Crippen MR) is 56.7 cm³/mol. The zero-order valence-electron chi connectivity index (χ0n) is 9.47. The minimum Gasteiger partial charge on any atom is -0.340 e. The maximum atomic E-state index is 11.3. The van der Waals surface area contributed by atoms with Crippen LogP contribution in [0.5, 0.6) is 0 Å². The maximum Gasteiger partial charge on any atom is 0.219 e. The van der Waals surface area contributed by atoms with Crippen molar-refractivity contribution < 1.29 is 4.79 Å². The number of carbonyl (C=O) groups is 1. The van der Waals surface area contributed by atoms with Gasteiger partial charge in [-0.05, 0) is 19.3 Å². The van der Waals surface area contributed by atoms with Gasteiger partial charge in [0.15, 0.2) is 0 Å². The summed E-state index contributed by atoms with van der Waals surface area (Å²) >= 11 is 0. The van der Waals surface area contributed by atoms with E-state index in [0.717, 1.165) is 32.2 Å². The first-order chi connectivity index (χ1) is 6.17. The molecule has 1 amide bonds. The highest BCUT2D eigenvalue weighted by atomic mass is 16.2. The van der Waals surface area contributed by atoms with E-state index < -0.39 is 0 Å². The Kier molecular flexibility index (Phi) is 6.65. The summed E-state index contributed by atoms with van der Waals surface area (Å²) in [5.74, 6) is 0.224. The van der Waals surface area contributed by atoms with Crippen molar-refractivity contribution in [3.8, 4) is 0 Å². The van der Waals surface area contributed by atoms with Crippen LogP contribution in [0.2, 0.25) is 0 Å². The highest BCUT2D eigenvalue weighted by Crippen LogP contribution is 2.11. The SMILES string of the molecule is CCCC(CC)N(CCC)C(C)=O. The van der Waals surface area contributed by atoms with E-state index in [1.165, 1.54) is 0 Å². The third-order valence-corrected chi connectivity index (χ3v) is 2.40. The highest BCUT2D eigenvalue weighted by molar-refractivity contribution is 5.73. The third-order valence-electron chi connectivity index (χ3n) is 2.40. The van der Waals surface area contributed by atoms with Crippen molar-refractivity contribution in [2.45, 2.75) is 59.4 Å². The van der Waals surface area contributed by atoms with Crippen molar-refractivity contribution in [1.82, 2.24) is 4.90 Å². The number of carbonyl (C=O) groups excluding carboxylic acids is 1. The minimum atomic E-state index is 0.224. The molecular weight excluding hydrogens is 162 g/mol. The Labute approximate surface area is 82.3 Å². The summed E-state index contributed by atoms with van der Waals surface area (Å²) in [4.78, 5) is 13.4. The Balaban J connectivity index is 4.20. The van der Waals surface area contributed by atoms with Crippen molar-refractivity contribution >= 4 is 5.91 Å². The van der Waals surface area contributed by atoms with Gasteiger partial charge in [0.2, 0.25) is 5.91 Å². The molecule has 0 aromatic heterocycles. The van der Waals surface area contributed by atoms with E-state index in [-0.39, 0.29) is 5.91 Å². The summed E-state index contributed by atoms with van der Waals surface area (Å²) in [7, 11) is 0. The van der Waals surface area contributed by atoms with Gasteiger partial charge in [-0.15, -0.1) is 0 Å². The molecule has 0 aromatic rings. The molecule has 0 radical (unpaired) electrons. The Morgan fingerprint density at radius 2 is 1.85 bits per heavy atom. The van der Waals surface area contributed by atoms with Crippen LogP contribution in [-0.2, 0) is 4.79 Å².